The lowest BCUT2D eigenvalue weighted by Gasteiger charge is -2.38. The number of likely N-dealkylation sites (tertiary alicyclic amines) is 1. The van der Waals surface area contributed by atoms with E-state index in [2.05, 4.69) is 27.3 Å². The Labute approximate surface area is 185 Å². The topological polar surface area (TPSA) is 62.3 Å². The Kier molecular flexibility index (Phi) is 6.69. The predicted molar refractivity (Wildman–Crippen MR) is 121 cm³/mol. The second kappa shape index (κ2) is 9.63. The van der Waals surface area contributed by atoms with Crippen molar-refractivity contribution in [3.63, 3.8) is 0 Å². The standard InChI is InChI=1S/C26H33N3O2/c1-20(23-11-5-8-16-27-23)28-24(30)19-21-12-17-29(18-13-21)25(31)26(14-6-7-15-26)22-9-3-2-4-10-22/h2-5,8-11,16,20-21H,6-7,12-15,17-19H2,1H3,(H,28,30)/t20-/m1/s1. The number of hydrogen-bond donors (Lipinski definition) is 1. The minimum atomic E-state index is -0.344. The van der Waals surface area contributed by atoms with Gasteiger partial charge in [0.05, 0.1) is 17.2 Å². The molecule has 164 valence electrons. The number of nitrogens with one attached hydrogen (secondary N) is 1. The van der Waals surface area contributed by atoms with E-state index in [0.717, 1.165) is 57.3 Å². The second-order valence-corrected chi connectivity index (χ2v) is 9.14. The van der Waals surface area contributed by atoms with Crippen molar-refractivity contribution in [3.05, 3.63) is 66.0 Å². The van der Waals surface area contributed by atoms with Gasteiger partial charge in [0.1, 0.15) is 0 Å². The van der Waals surface area contributed by atoms with E-state index < -0.39 is 0 Å². The highest BCUT2D eigenvalue weighted by Gasteiger charge is 2.45. The molecule has 0 radical (unpaired) electrons. The second-order valence-electron chi connectivity index (χ2n) is 9.14. The average Bonchev–Trinajstić information content (AvgIpc) is 3.31. The number of aromatic nitrogens is 1. The highest BCUT2D eigenvalue weighted by molar-refractivity contribution is 5.88. The molecule has 1 aromatic carbocycles. The first-order chi connectivity index (χ1) is 15.1. The molecule has 0 spiro atoms. The molecule has 5 nitrogen and oxygen atoms in total. The number of carbonyl (C=O) groups excluding carboxylic acids is 2. The van der Waals surface area contributed by atoms with Crippen molar-refractivity contribution >= 4 is 11.8 Å². The van der Waals surface area contributed by atoms with Gasteiger partial charge < -0.3 is 10.2 Å². The number of nitrogens with zero attached hydrogens (tertiary/aromatic N) is 2. The third-order valence-corrected chi connectivity index (χ3v) is 7.08. The maximum Gasteiger partial charge on any atom is 0.233 e. The Hall–Kier alpha value is -2.69. The van der Waals surface area contributed by atoms with Crippen molar-refractivity contribution in [2.45, 2.75) is 63.3 Å². The van der Waals surface area contributed by atoms with Crippen LogP contribution in [-0.4, -0.2) is 34.8 Å². The fraction of sp³-hybridized carbons (Fsp3) is 0.500. The third-order valence-electron chi connectivity index (χ3n) is 7.08. The summed E-state index contributed by atoms with van der Waals surface area (Å²) in [6.07, 6.45) is 8.18. The molecule has 1 saturated heterocycles. The largest absolute Gasteiger partial charge is 0.348 e. The van der Waals surface area contributed by atoms with E-state index in [4.69, 9.17) is 0 Å². The monoisotopic (exact) mass is 419 g/mol. The van der Waals surface area contributed by atoms with Crippen LogP contribution < -0.4 is 5.32 Å². The van der Waals surface area contributed by atoms with Crippen LogP contribution in [0.25, 0.3) is 0 Å². The van der Waals surface area contributed by atoms with E-state index in [1.165, 1.54) is 5.56 Å². The molecule has 1 aliphatic carbocycles. The lowest BCUT2D eigenvalue weighted by molar-refractivity contribution is -0.139. The molecule has 0 bridgehead atoms. The van der Waals surface area contributed by atoms with Gasteiger partial charge in [-0.05, 0) is 56.2 Å². The van der Waals surface area contributed by atoms with Crippen LogP contribution in [0.3, 0.4) is 0 Å². The van der Waals surface area contributed by atoms with Gasteiger partial charge in [-0.25, -0.2) is 0 Å². The van der Waals surface area contributed by atoms with E-state index in [1.807, 2.05) is 43.3 Å². The van der Waals surface area contributed by atoms with Gasteiger partial charge >= 0.3 is 0 Å². The molecule has 2 fully saturated rings. The molecular weight excluding hydrogens is 386 g/mol. The van der Waals surface area contributed by atoms with Crippen LogP contribution in [0, 0.1) is 5.92 Å². The van der Waals surface area contributed by atoms with E-state index in [0.29, 0.717) is 18.2 Å². The molecule has 2 heterocycles. The number of hydrogen-bond acceptors (Lipinski definition) is 3. The van der Waals surface area contributed by atoms with Crippen molar-refractivity contribution < 1.29 is 9.59 Å². The molecule has 2 aromatic rings. The molecule has 1 saturated carbocycles. The molecule has 0 unspecified atom stereocenters. The normalized spacial score (nSPS) is 19.7. The van der Waals surface area contributed by atoms with E-state index in [1.54, 1.807) is 6.20 Å². The molecule has 2 aliphatic rings. The highest BCUT2D eigenvalue weighted by atomic mass is 16.2. The number of carbonyl (C=O) groups is 2. The van der Waals surface area contributed by atoms with Gasteiger partial charge in [0.2, 0.25) is 11.8 Å². The Morgan fingerprint density at radius 3 is 2.39 bits per heavy atom. The smallest absolute Gasteiger partial charge is 0.233 e. The van der Waals surface area contributed by atoms with Crippen LogP contribution in [0.5, 0.6) is 0 Å². The van der Waals surface area contributed by atoms with E-state index in [-0.39, 0.29) is 17.4 Å². The number of piperidine rings is 1. The maximum atomic E-state index is 13.6. The summed E-state index contributed by atoms with van der Waals surface area (Å²) in [4.78, 5) is 32.5. The van der Waals surface area contributed by atoms with Gasteiger partial charge in [0.15, 0.2) is 0 Å². The van der Waals surface area contributed by atoms with Crippen molar-refractivity contribution in [1.29, 1.82) is 0 Å². The summed E-state index contributed by atoms with van der Waals surface area (Å²) >= 11 is 0. The lowest BCUT2D eigenvalue weighted by Crippen LogP contribution is -2.48. The minimum Gasteiger partial charge on any atom is -0.348 e. The summed E-state index contributed by atoms with van der Waals surface area (Å²) in [5, 5.41) is 3.07. The zero-order chi connectivity index (χ0) is 21.7. The Morgan fingerprint density at radius 2 is 1.74 bits per heavy atom. The summed E-state index contributed by atoms with van der Waals surface area (Å²) < 4.78 is 0. The summed E-state index contributed by atoms with van der Waals surface area (Å²) in [5.74, 6) is 0.693. The number of pyridine rings is 1. The van der Waals surface area contributed by atoms with Crippen LogP contribution in [0.4, 0.5) is 0 Å². The van der Waals surface area contributed by atoms with Gasteiger partial charge in [0.25, 0.3) is 0 Å². The van der Waals surface area contributed by atoms with Gasteiger partial charge in [-0.1, -0.05) is 49.2 Å². The lowest BCUT2D eigenvalue weighted by atomic mass is 9.77. The van der Waals surface area contributed by atoms with Gasteiger partial charge in [-0.2, -0.15) is 0 Å². The molecule has 31 heavy (non-hydrogen) atoms. The summed E-state index contributed by atoms with van der Waals surface area (Å²) in [5.41, 5.74) is 1.70. The molecule has 1 aliphatic heterocycles. The first-order valence-corrected chi connectivity index (χ1v) is 11.6. The summed E-state index contributed by atoms with van der Waals surface area (Å²) in [6, 6.07) is 16.0. The fourth-order valence-electron chi connectivity index (χ4n) is 5.27. The molecular formula is C26H33N3O2. The quantitative estimate of drug-likeness (QED) is 0.755. The summed E-state index contributed by atoms with van der Waals surface area (Å²) in [6.45, 7) is 3.47. The van der Waals surface area contributed by atoms with Crippen LogP contribution in [0.1, 0.15) is 69.2 Å². The molecule has 1 N–H and O–H groups in total. The predicted octanol–water partition coefficient (Wildman–Crippen LogP) is 4.40. The Bertz CT molecular complexity index is 870. The van der Waals surface area contributed by atoms with Crippen LogP contribution in [0.15, 0.2) is 54.7 Å². The number of benzene rings is 1. The van der Waals surface area contributed by atoms with E-state index in [9.17, 15) is 9.59 Å². The van der Waals surface area contributed by atoms with Crippen molar-refractivity contribution in [3.8, 4) is 0 Å². The van der Waals surface area contributed by atoms with E-state index >= 15 is 0 Å². The third kappa shape index (κ3) is 4.81. The zero-order valence-electron chi connectivity index (χ0n) is 18.4. The fourth-order valence-corrected chi connectivity index (χ4v) is 5.27. The zero-order valence-corrected chi connectivity index (χ0v) is 18.4. The summed E-state index contributed by atoms with van der Waals surface area (Å²) in [7, 11) is 0. The molecule has 2 amide bonds. The van der Waals surface area contributed by atoms with Crippen LogP contribution >= 0.6 is 0 Å². The van der Waals surface area contributed by atoms with Gasteiger partial charge in [-0.3, -0.25) is 14.6 Å². The van der Waals surface area contributed by atoms with Crippen molar-refractivity contribution in [1.82, 2.24) is 15.2 Å². The Balaban J connectivity index is 1.31. The molecule has 5 heteroatoms. The van der Waals surface area contributed by atoms with Crippen molar-refractivity contribution in [2.75, 3.05) is 13.1 Å². The first-order valence-electron chi connectivity index (χ1n) is 11.6. The minimum absolute atomic E-state index is 0.0690. The Morgan fingerprint density at radius 1 is 1.06 bits per heavy atom. The van der Waals surface area contributed by atoms with Crippen LogP contribution in [-0.2, 0) is 15.0 Å². The maximum absolute atomic E-state index is 13.6. The highest BCUT2D eigenvalue weighted by Crippen LogP contribution is 2.43. The van der Waals surface area contributed by atoms with Gasteiger partial charge in [0, 0.05) is 25.7 Å². The molecule has 1 aromatic heterocycles. The molecule has 1 atom stereocenters. The van der Waals surface area contributed by atoms with Gasteiger partial charge in [-0.15, -0.1) is 0 Å². The first kappa shape index (κ1) is 21.5. The number of rotatable bonds is 6. The molecule has 4 rings (SSSR count). The SMILES string of the molecule is C[C@@H](NC(=O)CC1CCN(C(=O)C2(c3ccccc3)CCCC2)CC1)c1ccccn1. The van der Waals surface area contributed by atoms with Crippen LogP contribution in [0.2, 0.25) is 0 Å². The number of amides is 2. The average molecular weight is 420 g/mol. The van der Waals surface area contributed by atoms with Crippen molar-refractivity contribution in [2.24, 2.45) is 5.92 Å².